The van der Waals surface area contributed by atoms with Crippen molar-refractivity contribution >= 4 is 11.6 Å². The van der Waals surface area contributed by atoms with Gasteiger partial charge in [0.15, 0.2) is 11.6 Å². The number of Topliss-reactive ketones (excluding diaryl/α,β-unsaturated/α-hetero) is 2. The summed E-state index contributed by atoms with van der Waals surface area (Å²) in [4.78, 5) is 25.2. The third-order valence-corrected chi connectivity index (χ3v) is 5.12. The van der Waals surface area contributed by atoms with Crippen molar-refractivity contribution in [2.45, 2.75) is 58.2 Å². The van der Waals surface area contributed by atoms with Crippen LogP contribution in [0, 0.1) is 0 Å². The second-order valence-corrected chi connectivity index (χ2v) is 7.24. The van der Waals surface area contributed by atoms with Gasteiger partial charge < -0.3 is 9.84 Å². The molecule has 1 N–H and O–H groups in total. The maximum absolute atomic E-state index is 12.7. The molecule has 3 atom stereocenters. The number of ether oxygens (including phenoxy) is 1. The van der Waals surface area contributed by atoms with Crippen molar-refractivity contribution < 1.29 is 19.4 Å². The molecule has 0 saturated carbocycles. The second kappa shape index (κ2) is 8.05. The molecule has 0 saturated heterocycles. The zero-order chi connectivity index (χ0) is 19.6. The lowest BCUT2D eigenvalue weighted by molar-refractivity contribution is 0.0949. The van der Waals surface area contributed by atoms with Gasteiger partial charge in [0.25, 0.3) is 0 Å². The predicted molar refractivity (Wildman–Crippen MR) is 105 cm³/mol. The highest BCUT2D eigenvalue weighted by molar-refractivity contribution is 6.04. The van der Waals surface area contributed by atoms with E-state index in [4.69, 9.17) is 4.74 Å². The molecule has 27 heavy (non-hydrogen) atoms. The Morgan fingerprint density at radius 2 is 1.85 bits per heavy atom. The van der Waals surface area contributed by atoms with Crippen LogP contribution in [0.15, 0.2) is 42.5 Å². The zero-order valence-corrected chi connectivity index (χ0v) is 16.1. The minimum atomic E-state index is -0.527. The van der Waals surface area contributed by atoms with Gasteiger partial charge in [-0.2, -0.15) is 0 Å². The van der Waals surface area contributed by atoms with Crippen LogP contribution in [0.3, 0.4) is 0 Å². The fourth-order valence-electron chi connectivity index (χ4n) is 3.67. The quantitative estimate of drug-likeness (QED) is 0.731. The van der Waals surface area contributed by atoms with Crippen LogP contribution in [0.2, 0.25) is 0 Å². The fourth-order valence-corrected chi connectivity index (χ4v) is 3.67. The Balaban J connectivity index is 2.08. The van der Waals surface area contributed by atoms with E-state index in [-0.39, 0.29) is 30.0 Å². The van der Waals surface area contributed by atoms with E-state index in [1.165, 1.54) is 0 Å². The highest BCUT2D eigenvalue weighted by Gasteiger charge is 2.36. The van der Waals surface area contributed by atoms with E-state index in [0.717, 1.165) is 11.1 Å². The average molecular weight is 366 g/mol. The number of benzene rings is 2. The number of aliphatic hydroxyl groups excluding tert-OH is 1. The first-order valence-corrected chi connectivity index (χ1v) is 9.56. The number of ketones is 2. The summed E-state index contributed by atoms with van der Waals surface area (Å²) in [5.41, 5.74) is 3.01. The standard InChI is InChI=1S/C23H26O4/c1-4-20(25)18-12-17(21(26)11-10-14(2)24)13-19-22(15(3)27-23(18)19)16-8-6-5-7-9-16/h5-9,12-15,22,24H,4,10-11H2,1-3H3/t14?,15-,22+/m0/s1. The van der Waals surface area contributed by atoms with Crippen LogP contribution in [-0.4, -0.2) is 28.9 Å². The summed E-state index contributed by atoms with van der Waals surface area (Å²) in [7, 11) is 0. The van der Waals surface area contributed by atoms with Gasteiger partial charge in [0, 0.05) is 29.9 Å². The summed E-state index contributed by atoms with van der Waals surface area (Å²) in [6.07, 6.45) is 0.366. The van der Waals surface area contributed by atoms with Crippen LogP contribution in [0.25, 0.3) is 0 Å². The summed E-state index contributed by atoms with van der Waals surface area (Å²) in [6, 6.07) is 13.5. The van der Waals surface area contributed by atoms with Crippen molar-refractivity contribution in [1.82, 2.24) is 0 Å². The van der Waals surface area contributed by atoms with Gasteiger partial charge in [-0.1, -0.05) is 37.3 Å². The number of carbonyl (C=O) groups excluding carboxylic acids is 2. The van der Waals surface area contributed by atoms with Crippen LogP contribution < -0.4 is 4.74 Å². The Hall–Kier alpha value is -2.46. The van der Waals surface area contributed by atoms with Gasteiger partial charge in [-0.3, -0.25) is 9.59 Å². The largest absolute Gasteiger partial charge is 0.489 e. The predicted octanol–water partition coefficient (Wildman–Crippen LogP) is 4.54. The molecule has 0 aliphatic carbocycles. The van der Waals surface area contributed by atoms with Crippen LogP contribution in [-0.2, 0) is 0 Å². The van der Waals surface area contributed by atoms with Gasteiger partial charge in [0.1, 0.15) is 11.9 Å². The van der Waals surface area contributed by atoms with Crippen molar-refractivity contribution in [2.24, 2.45) is 0 Å². The molecule has 4 nitrogen and oxygen atoms in total. The zero-order valence-electron chi connectivity index (χ0n) is 16.1. The molecule has 0 spiro atoms. The molecular formula is C23H26O4. The van der Waals surface area contributed by atoms with Crippen molar-refractivity contribution in [2.75, 3.05) is 0 Å². The van der Waals surface area contributed by atoms with Crippen molar-refractivity contribution in [3.05, 3.63) is 64.7 Å². The molecule has 0 bridgehead atoms. The Bertz CT molecular complexity index is 839. The topological polar surface area (TPSA) is 63.6 Å². The molecule has 1 unspecified atom stereocenters. The van der Waals surface area contributed by atoms with Gasteiger partial charge >= 0.3 is 0 Å². The van der Waals surface area contributed by atoms with Crippen molar-refractivity contribution in [1.29, 1.82) is 0 Å². The lowest BCUT2D eigenvalue weighted by Gasteiger charge is -2.15. The number of carbonyl (C=O) groups is 2. The monoisotopic (exact) mass is 366 g/mol. The van der Waals surface area contributed by atoms with E-state index in [2.05, 4.69) is 0 Å². The van der Waals surface area contributed by atoms with E-state index in [9.17, 15) is 14.7 Å². The summed E-state index contributed by atoms with van der Waals surface area (Å²) >= 11 is 0. The van der Waals surface area contributed by atoms with Gasteiger partial charge in [-0.05, 0) is 38.0 Å². The molecule has 0 aromatic heterocycles. The first-order valence-electron chi connectivity index (χ1n) is 9.56. The highest BCUT2D eigenvalue weighted by Crippen LogP contribution is 2.45. The maximum Gasteiger partial charge on any atom is 0.166 e. The van der Waals surface area contributed by atoms with E-state index in [1.807, 2.05) is 50.2 Å². The lowest BCUT2D eigenvalue weighted by Crippen LogP contribution is -2.15. The van der Waals surface area contributed by atoms with Crippen LogP contribution >= 0.6 is 0 Å². The van der Waals surface area contributed by atoms with E-state index < -0.39 is 6.10 Å². The lowest BCUT2D eigenvalue weighted by atomic mass is 9.85. The molecule has 1 heterocycles. The molecule has 1 aliphatic heterocycles. The third kappa shape index (κ3) is 3.96. The fraction of sp³-hybridized carbons (Fsp3) is 0.391. The normalized spacial score (nSPS) is 19.3. The number of aliphatic hydroxyl groups is 1. The van der Waals surface area contributed by atoms with Gasteiger partial charge in [-0.15, -0.1) is 0 Å². The van der Waals surface area contributed by atoms with Gasteiger partial charge in [-0.25, -0.2) is 0 Å². The Morgan fingerprint density at radius 3 is 2.48 bits per heavy atom. The van der Waals surface area contributed by atoms with E-state index >= 15 is 0 Å². The molecule has 0 radical (unpaired) electrons. The van der Waals surface area contributed by atoms with Crippen molar-refractivity contribution in [3.8, 4) is 5.75 Å². The van der Waals surface area contributed by atoms with Gasteiger partial charge in [0.05, 0.1) is 11.7 Å². The Labute approximate surface area is 160 Å². The molecular weight excluding hydrogens is 340 g/mol. The molecule has 0 amide bonds. The SMILES string of the molecule is CCC(=O)c1cc(C(=O)CCC(C)O)cc2c1O[C@@H](C)[C@@H]2c1ccccc1. The number of hydrogen-bond acceptors (Lipinski definition) is 4. The van der Waals surface area contributed by atoms with E-state index in [1.54, 1.807) is 13.0 Å². The first kappa shape index (κ1) is 19.3. The van der Waals surface area contributed by atoms with Crippen molar-refractivity contribution in [3.63, 3.8) is 0 Å². The molecule has 0 fully saturated rings. The molecule has 3 rings (SSSR count). The first-order chi connectivity index (χ1) is 12.9. The molecule has 142 valence electrons. The number of rotatable bonds is 7. The molecule has 2 aromatic rings. The summed E-state index contributed by atoms with van der Waals surface area (Å²) in [5.74, 6) is 0.497. The second-order valence-electron chi connectivity index (χ2n) is 7.24. The summed E-state index contributed by atoms with van der Waals surface area (Å²) < 4.78 is 6.09. The number of fused-ring (bicyclic) bond motifs is 1. The molecule has 2 aromatic carbocycles. The Morgan fingerprint density at radius 1 is 1.15 bits per heavy atom. The summed E-state index contributed by atoms with van der Waals surface area (Å²) in [5, 5.41) is 9.48. The van der Waals surface area contributed by atoms with Crippen LogP contribution in [0.4, 0.5) is 0 Å². The van der Waals surface area contributed by atoms with Gasteiger partial charge in [0.2, 0.25) is 0 Å². The average Bonchev–Trinajstić information content (AvgIpc) is 3.00. The van der Waals surface area contributed by atoms with E-state index in [0.29, 0.717) is 29.7 Å². The molecule has 1 aliphatic rings. The minimum absolute atomic E-state index is 0.0193. The third-order valence-electron chi connectivity index (χ3n) is 5.12. The van der Waals surface area contributed by atoms with Crippen LogP contribution in [0.1, 0.15) is 77.8 Å². The molecule has 4 heteroatoms. The minimum Gasteiger partial charge on any atom is -0.489 e. The highest BCUT2D eigenvalue weighted by atomic mass is 16.5. The number of hydrogen-bond donors (Lipinski definition) is 1. The van der Waals surface area contributed by atoms with Crippen LogP contribution in [0.5, 0.6) is 5.75 Å². The maximum atomic E-state index is 12.7. The summed E-state index contributed by atoms with van der Waals surface area (Å²) in [6.45, 7) is 5.47. The Kier molecular flexibility index (Phi) is 5.76. The smallest absolute Gasteiger partial charge is 0.166 e.